The fourth-order valence-electron chi connectivity index (χ4n) is 4.70. The van der Waals surface area contributed by atoms with E-state index in [9.17, 15) is 9.59 Å². The van der Waals surface area contributed by atoms with Crippen molar-refractivity contribution >= 4 is 22.8 Å². The molecule has 0 spiro atoms. The first-order chi connectivity index (χ1) is 14.1. The second kappa shape index (κ2) is 7.42. The zero-order chi connectivity index (χ0) is 20.0. The summed E-state index contributed by atoms with van der Waals surface area (Å²) in [6.07, 6.45) is 3.91. The van der Waals surface area contributed by atoms with Crippen molar-refractivity contribution < 1.29 is 14.0 Å². The van der Waals surface area contributed by atoms with Gasteiger partial charge in [-0.3, -0.25) is 14.6 Å². The molecule has 4 saturated heterocycles. The quantitative estimate of drug-likeness (QED) is 0.834. The van der Waals surface area contributed by atoms with Crippen LogP contribution in [0.15, 0.2) is 22.7 Å². The largest absolute Gasteiger partial charge is 0.451 e. The minimum absolute atomic E-state index is 0.104. The Morgan fingerprint density at radius 3 is 2.55 bits per heavy atom. The molecular formula is C21H27N5O3. The number of pyridine rings is 1. The average molecular weight is 397 g/mol. The van der Waals surface area contributed by atoms with E-state index in [4.69, 9.17) is 4.42 Å². The number of aromatic nitrogens is 1. The number of carbonyl (C=O) groups excluding carboxylic acids is 2. The van der Waals surface area contributed by atoms with Crippen LogP contribution in [0.2, 0.25) is 0 Å². The summed E-state index contributed by atoms with van der Waals surface area (Å²) < 4.78 is 5.81. The van der Waals surface area contributed by atoms with Crippen LogP contribution >= 0.6 is 0 Å². The van der Waals surface area contributed by atoms with Crippen molar-refractivity contribution in [2.24, 2.45) is 5.92 Å². The van der Waals surface area contributed by atoms with Crippen LogP contribution in [0.25, 0.3) is 11.0 Å². The van der Waals surface area contributed by atoms with Gasteiger partial charge < -0.3 is 24.4 Å². The smallest absolute Gasteiger partial charge is 0.289 e. The van der Waals surface area contributed by atoms with Crippen molar-refractivity contribution in [3.63, 3.8) is 0 Å². The normalized spacial score (nSPS) is 27.3. The summed E-state index contributed by atoms with van der Waals surface area (Å²) in [4.78, 5) is 36.2. The summed E-state index contributed by atoms with van der Waals surface area (Å²) in [6, 6.07) is 3.55. The number of carbonyl (C=O) groups is 2. The van der Waals surface area contributed by atoms with Crippen molar-refractivity contribution in [2.75, 3.05) is 52.9 Å². The third kappa shape index (κ3) is 3.62. The lowest BCUT2D eigenvalue weighted by molar-refractivity contribution is 0.0617. The summed E-state index contributed by atoms with van der Waals surface area (Å²) in [5.41, 5.74) is 0.860. The highest BCUT2D eigenvalue weighted by Gasteiger charge is 2.35. The Kier molecular flexibility index (Phi) is 4.75. The molecule has 4 aliphatic rings. The lowest BCUT2D eigenvalue weighted by Crippen LogP contribution is -2.57. The van der Waals surface area contributed by atoms with Gasteiger partial charge in [-0.15, -0.1) is 0 Å². The van der Waals surface area contributed by atoms with E-state index in [2.05, 4.69) is 27.1 Å². The van der Waals surface area contributed by atoms with Crippen LogP contribution < -0.4 is 5.32 Å². The van der Waals surface area contributed by atoms with Crippen LogP contribution in [0.4, 0.5) is 0 Å². The van der Waals surface area contributed by atoms with Crippen molar-refractivity contribution in [2.45, 2.75) is 18.9 Å². The molecule has 4 fully saturated rings. The molecule has 8 heteroatoms. The van der Waals surface area contributed by atoms with Crippen molar-refractivity contribution in [1.82, 2.24) is 25.0 Å². The van der Waals surface area contributed by atoms with Crippen molar-refractivity contribution in [1.29, 1.82) is 0 Å². The number of fused-ring (bicyclic) bond motifs is 4. The van der Waals surface area contributed by atoms with Gasteiger partial charge in [0, 0.05) is 56.4 Å². The number of hydrogen-bond acceptors (Lipinski definition) is 6. The molecular weight excluding hydrogens is 370 g/mol. The number of nitrogens with zero attached hydrogens (tertiary/aromatic N) is 4. The lowest BCUT2D eigenvalue weighted by atomic mass is 9.84. The van der Waals surface area contributed by atoms with Gasteiger partial charge in [-0.05, 0) is 45.0 Å². The van der Waals surface area contributed by atoms with Crippen LogP contribution in [0.1, 0.15) is 33.9 Å². The van der Waals surface area contributed by atoms with Gasteiger partial charge in [0.05, 0.1) is 0 Å². The minimum atomic E-state index is -0.172. The Balaban J connectivity index is 1.30. The van der Waals surface area contributed by atoms with E-state index < -0.39 is 0 Å². The number of piperazine rings is 1. The molecule has 6 heterocycles. The van der Waals surface area contributed by atoms with E-state index >= 15 is 0 Å². The number of piperidine rings is 3. The molecule has 0 aliphatic carbocycles. The summed E-state index contributed by atoms with van der Waals surface area (Å²) >= 11 is 0. The average Bonchev–Trinajstić information content (AvgIpc) is 3.18. The molecule has 2 aromatic heterocycles. The summed E-state index contributed by atoms with van der Waals surface area (Å²) in [5, 5.41) is 3.89. The van der Waals surface area contributed by atoms with E-state index in [1.807, 2.05) is 4.90 Å². The molecule has 8 nitrogen and oxygen atoms in total. The molecule has 1 atom stereocenters. The Hall–Kier alpha value is -2.45. The van der Waals surface area contributed by atoms with Gasteiger partial charge >= 0.3 is 0 Å². The first kappa shape index (κ1) is 18.6. The SMILES string of the molecule is CN1CCN(C(=O)c2cc3cnc(C(=O)NC4CN5CCC4CC5)cc3o2)CC1. The Morgan fingerprint density at radius 1 is 1.10 bits per heavy atom. The number of amides is 2. The van der Waals surface area contributed by atoms with Gasteiger partial charge in [0.2, 0.25) is 0 Å². The zero-order valence-corrected chi connectivity index (χ0v) is 16.8. The van der Waals surface area contributed by atoms with Crippen molar-refractivity contribution in [3.8, 4) is 0 Å². The summed E-state index contributed by atoms with van der Waals surface area (Å²) in [7, 11) is 2.05. The standard InChI is InChI=1S/C21H27N5O3/c1-24-6-8-26(9-7-24)21(28)19-10-15-12-22-16(11-18(15)29-19)20(27)23-17-13-25-4-2-14(17)3-5-25/h10-12,14,17H,2-9,13H2,1H3,(H,23,27). The lowest BCUT2D eigenvalue weighted by Gasteiger charge is -2.44. The van der Waals surface area contributed by atoms with Crippen molar-refractivity contribution in [3.05, 3.63) is 29.8 Å². The number of hydrogen-bond donors (Lipinski definition) is 1. The topological polar surface area (TPSA) is 81.9 Å². The first-order valence-corrected chi connectivity index (χ1v) is 10.5. The zero-order valence-electron chi connectivity index (χ0n) is 16.8. The highest BCUT2D eigenvalue weighted by Crippen LogP contribution is 2.28. The summed E-state index contributed by atoms with van der Waals surface area (Å²) in [5.74, 6) is 0.590. The maximum atomic E-state index is 12.7. The minimum Gasteiger partial charge on any atom is -0.451 e. The van der Waals surface area contributed by atoms with Gasteiger partial charge in [-0.2, -0.15) is 0 Å². The Labute approximate surface area is 169 Å². The third-order valence-electron chi connectivity index (χ3n) is 6.61. The van der Waals surface area contributed by atoms with Gasteiger partial charge in [0.1, 0.15) is 11.3 Å². The fourth-order valence-corrected chi connectivity index (χ4v) is 4.70. The Bertz CT molecular complexity index is 926. The van der Waals surface area contributed by atoms with E-state index in [0.717, 1.165) is 51.0 Å². The molecule has 2 aromatic rings. The van der Waals surface area contributed by atoms with Crippen LogP contribution in [0.3, 0.4) is 0 Å². The third-order valence-corrected chi connectivity index (χ3v) is 6.61. The maximum absolute atomic E-state index is 12.7. The highest BCUT2D eigenvalue weighted by atomic mass is 16.3. The van der Waals surface area contributed by atoms with E-state index in [-0.39, 0.29) is 17.9 Å². The molecule has 154 valence electrons. The predicted molar refractivity (Wildman–Crippen MR) is 108 cm³/mol. The van der Waals surface area contributed by atoms with Gasteiger partial charge in [-0.1, -0.05) is 0 Å². The van der Waals surface area contributed by atoms with Crippen LogP contribution in [-0.4, -0.2) is 90.4 Å². The van der Waals surface area contributed by atoms with Gasteiger partial charge in [0.25, 0.3) is 11.8 Å². The number of likely N-dealkylation sites (N-methyl/N-ethyl adjacent to an activating group) is 1. The monoisotopic (exact) mass is 397 g/mol. The number of nitrogens with one attached hydrogen (secondary N) is 1. The maximum Gasteiger partial charge on any atom is 0.289 e. The highest BCUT2D eigenvalue weighted by molar-refractivity contribution is 5.98. The molecule has 0 aromatic carbocycles. The molecule has 2 amide bonds. The summed E-state index contributed by atoms with van der Waals surface area (Å²) in [6.45, 7) is 6.29. The van der Waals surface area contributed by atoms with Crippen LogP contribution in [0.5, 0.6) is 0 Å². The van der Waals surface area contributed by atoms with E-state index in [1.165, 1.54) is 0 Å². The molecule has 6 rings (SSSR count). The van der Waals surface area contributed by atoms with Gasteiger partial charge in [-0.25, -0.2) is 0 Å². The van der Waals surface area contributed by atoms with Crippen LogP contribution in [-0.2, 0) is 0 Å². The predicted octanol–water partition coefficient (Wildman–Crippen LogP) is 1.04. The number of furan rings is 1. The first-order valence-electron chi connectivity index (χ1n) is 10.5. The second-order valence-corrected chi connectivity index (χ2v) is 8.53. The second-order valence-electron chi connectivity index (χ2n) is 8.53. The molecule has 0 saturated carbocycles. The molecule has 2 bridgehead atoms. The molecule has 29 heavy (non-hydrogen) atoms. The van der Waals surface area contributed by atoms with E-state index in [1.54, 1.807) is 18.3 Å². The molecule has 1 N–H and O–H groups in total. The Morgan fingerprint density at radius 2 is 1.86 bits per heavy atom. The molecule has 1 unspecified atom stereocenters. The molecule has 0 radical (unpaired) electrons. The molecule has 4 aliphatic heterocycles. The number of rotatable bonds is 3. The van der Waals surface area contributed by atoms with Gasteiger partial charge in [0.15, 0.2) is 5.76 Å². The van der Waals surface area contributed by atoms with E-state index in [0.29, 0.717) is 36.0 Å². The van der Waals surface area contributed by atoms with Crippen LogP contribution in [0, 0.1) is 5.92 Å². The fraction of sp³-hybridized carbons (Fsp3) is 0.571.